The summed E-state index contributed by atoms with van der Waals surface area (Å²) in [4.78, 5) is 28.1. The molecule has 0 saturated heterocycles. The zero-order valence-corrected chi connectivity index (χ0v) is 18.9. The number of carbonyl (C=O) groups is 2. The van der Waals surface area contributed by atoms with E-state index in [9.17, 15) is 9.59 Å². The number of hydrogen-bond donors (Lipinski definition) is 1. The first-order chi connectivity index (χ1) is 16.0. The van der Waals surface area contributed by atoms with Gasteiger partial charge in [-0.2, -0.15) is 0 Å². The van der Waals surface area contributed by atoms with Gasteiger partial charge in [0.2, 0.25) is 0 Å². The normalized spacial score (nSPS) is 13.5. The highest BCUT2D eigenvalue weighted by molar-refractivity contribution is 6.36. The van der Waals surface area contributed by atoms with E-state index in [1.807, 2.05) is 67.6 Å². The lowest BCUT2D eigenvalue weighted by molar-refractivity contribution is -0.136. The molecule has 0 aliphatic carbocycles. The maximum atomic E-state index is 13.4. The van der Waals surface area contributed by atoms with E-state index in [1.165, 1.54) is 4.90 Å². The lowest BCUT2D eigenvalue weighted by atomic mass is 10.0. The summed E-state index contributed by atoms with van der Waals surface area (Å²) in [6, 6.07) is 22.5. The quantitative estimate of drug-likeness (QED) is 0.522. The highest BCUT2D eigenvalue weighted by atomic mass is 16.5. The largest absolute Gasteiger partial charge is 0.497 e. The molecular formula is C27H26N2O4. The monoisotopic (exact) mass is 442 g/mol. The molecule has 0 aromatic heterocycles. The Labute approximate surface area is 193 Å². The molecule has 0 saturated carbocycles. The number of amides is 2. The molecule has 0 atom stereocenters. The number of imide groups is 1. The lowest BCUT2D eigenvalue weighted by Crippen LogP contribution is -2.34. The standard InChI is InChI=1S/C27H26N2O4/c1-18-4-8-20(9-5-18)24-25(28-21-10-14-23(33-3)15-11-21)27(31)29(26(24)30)17-16-19-6-12-22(32-2)13-7-19/h4-15,28H,16-17H2,1-3H3. The summed E-state index contributed by atoms with van der Waals surface area (Å²) in [5.41, 5.74) is 4.17. The molecule has 0 radical (unpaired) electrons. The zero-order valence-electron chi connectivity index (χ0n) is 18.9. The minimum Gasteiger partial charge on any atom is -0.497 e. The third-order valence-corrected chi connectivity index (χ3v) is 5.65. The molecule has 1 heterocycles. The van der Waals surface area contributed by atoms with Crippen LogP contribution in [-0.4, -0.2) is 37.5 Å². The average molecular weight is 443 g/mol. The first-order valence-electron chi connectivity index (χ1n) is 10.7. The highest BCUT2D eigenvalue weighted by Crippen LogP contribution is 2.31. The van der Waals surface area contributed by atoms with Gasteiger partial charge in [0, 0.05) is 12.2 Å². The van der Waals surface area contributed by atoms with Crippen molar-refractivity contribution in [2.24, 2.45) is 0 Å². The van der Waals surface area contributed by atoms with Crippen LogP contribution in [0.2, 0.25) is 0 Å². The third kappa shape index (κ3) is 4.75. The van der Waals surface area contributed by atoms with Gasteiger partial charge in [-0.25, -0.2) is 0 Å². The Morgan fingerprint density at radius 3 is 1.91 bits per heavy atom. The van der Waals surface area contributed by atoms with Gasteiger partial charge < -0.3 is 14.8 Å². The Morgan fingerprint density at radius 2 is 1.33 bits per heavy atom. The number of methoxy groups -OCH3 is 2. The number of nitrogens with one attached hydrogen (secondary N) is 1. The van der Waals surface area contributed by atoms with Crippen LogP contribution in [-0.2, 0) is 16.0 Å². The van der Waals surface area contributed by atoms with Gasteiger partial charge in [0.1, 0.15) is 17.2 Å². The molecule has 1 aliphatic heterocycles. The Hall–Kier alpha value is -4.06. The lowest BCUT2D eigenvalue weighted by Gasteiger charge is -2.15. The summed E-state index contributed by atoms with van der Waals surface area (Å²) >= 11 is 0. The van der Waals surface area contributed by atoms with Crippen LogP contribution in [0.5, 0.6) is 11.5 Å². The fraction of sp³-hybridized carbons (Fsp3) is 0.185. The topological polar surface area (TPSA) is 67.9 Å². The van der Waals surface area contributed by atoms with Crippen LogP contribution in [0.4, 0.5) is 5.69 Å². The summed E-state index contributed by atoms with van der Waals surface area (Å²) in [5, 5.41) is 3.17. The minimum absolute atomic E-state index is 0.281. The molecule has 3 aromatic rings. The number of benzene rings is 3. The van der Waals surface area contributed by atoms with E-state index >= 15 is 0 Å². The van der Waals surface area contributed by atoms with E-state index in [-0.39, 0.29) is 24.1 Å². The second-order valence-corrected chi connectivity index (χ2v) is 7.83. The highest BCUT2D eigenvalue weighted by Gasteiger charge is 2.38. The zero-order chi connectivity index (χ0) is 23.4. The molecule has 4 rings (SSSR count). The van der Waals surface area contributed by atoms with Gasteiger partial charge in [0.25, 0.3) is 11.8 Å². The van der Waals surface area contributed by atoms with Crippen molar-refractivity contribution in [2.45, 2.75) is 13.3 Å². The Morgan fingerprint density at radius 1 is 0.758 bits per heavy atom. The van der Waals surface area contributed by atoms with Crippen molar-refractivity contribution in [3.05, 3.63) is 95.2 Å². The second-order valence-electron chi connectivity index (χ2n) is 7.83. The van der Waals surface area contributed by atoms with E-state index in [0.717, 1.165) is 16.9 Å². The van der Waals surface area contributed by atoms with E-state index in [2.05, 4.69) is 5.32 Å². The summed E-state index contributed by atoms with van der Waals surface area (Å²) in [5.74, 6) is 0.845. The van der Waals surface area contributed by atoms with E-state index in [0.29, 0.717) is 29.0 Å². The van der Waals surface area contributed by atoms with Gasteiger partial charge in [-0.05, 0) is 60.9 Å². The van der Waals surface area contributed by atoms with Crippen molar-refractivity contribution in [1.29, 1.82) is 0 Å². The minimum atomic E-state index is -0.333. The van der Waals surface area contributed by atoms with Gasteiger partial charge in [0.15, 0.2) is 0 Å². The Kier molecular flexibility index (Phi) is 6.45. The fourth-order valence-corrected chi connectivity index (χ4v) is 3.73. The van der Waals surface area contributed by atoms with Crippen molar-refractivity contribution < 1.29 is 19.1 Å². The second kappa shape index (κ2) is 9.61. The van der Waals surface area contributed by atoms with Crippen LogP contribution in [0.3, 0.4) is 0 Å². The number of hydrogen-bond acceptors (Lipinski definition) is 5. The summed E-state index contributed by atoms with van der Waals surface area (Å²) < 4.78 is 10.4. The SMILES string of the molecule is COc1ccc(CCN2C(=O)C(Nc3ccc(OC)cc3)=C(c3ccc(C)cc3)C2=O)cc1. The number of ether oxygens (including phenoxy) is 2. The first-order valence-corrected chi connectivity index (χ1v) is 10.7. The number of aryl methyl sites for hydroxylation is 1. The summed E-state index contributed by atoms with van der Waals surface area (Å²) in [6.07, 6.45) is 0.554. The number of carbonyl (C=O) groups excluding carboxylic acids is 2. The summed E-state index contributed by atoms with van der Waals surface area (Å²) in [7, 11) is 3.21. The molecular weight excluding hydrogens is 416 g/mol. The maximum absolute atomic E-state index is 13.4. The van der Waals surface area contributed by atoms with Crippen LogP contribution in [0, 0.1) is 6.92 Å². The molecule has 3 aromatic carbocycles. The molecule has 6 nitrogen and oxygen atoms in total. The van der Waals surface area contributed by atoms with Crippen molar-refractivity contribution >= 4 is 23.1 Å². The van der Waals surface area contributed by atoms with Crippen LogP contribution in [0.1, 0.15) is 16.7 Å². The van der Waals surface area contributed by atoms with Gasteiger partial charge in [-0.3, -0.25) is 14.5 Å². The number of rotatable bonds is 8. The predicted octanol–water partition coefficient (Wildman–Crippen LogP) is 4.45. The number of anilines is 1. The molecule has 6 heteroatoms. The van der Waals surface area contributed by atoms with Crippen molar-refractivity contribution in [1.82, 2.24) is 4.90 Å². The van der Waals surface area contributed by atoms with Crippen LogP contribution in [0.15, 0.2) is 78.5 Å². The van der Waals surface area contributed by atoms with Gasteiger partial charge >= 0.3 is 0 Å². The van der Waals surface area contributed by atoms with Crippen LogP contribution in [0.25, 0.3) is 5.57 Å². The molecule has 0 bridgehead atoms. The molecule has 1 N–H and O–H groups in total. The number of nitrogens with zero attached hydrogens (tertiary/aromatic N) is 1. The van der Waals surface area contributed by atoms with Crippen molar-refractivity contribution in [3.63, 3.8) is 0 Å². The molecule has 0 unspecified atom stereocenters. The predicted molar refractivity (Wildman–Crippen MR) is 128 cm³/mol. The summed E-state index contributed by atoms with van der Waals surface area (Å²) in [6.45, 7) is 2.27. The van der Waals surface area contributed by atoms with Gasteiger partial charge in [0.05, 0.1) is 19.8 Å². The van der Waals surface area contributed by atoms with Gasteiger partial charge in [-0.15, -0.1) is 0 Å². The molecule has 1 aliphatic rings. The van der Waals surface area contributed by atoms with E-state index in [1.54, 1.807) is 26.4 Å². The Bertz CT molecular complexity index is 1180. The Balaban J connectivity index is 1.61. The van der Waals surface area contributed by atoms with Crippen molar-refractivity contribution in [2.75, 3.05) is 26.1 Å². The smallest absolute Gasteiger partial charge is 0.278 e. The molecule has 2 amide bonds. The molecule has 0 fully saturated rings. The van der Waals surface area contributed by atoms with Crippen LogP contribution >= 0.6 is 0 Å². The van der Waals surface area contributed by atoms with E-state index < -0.39 is 0 Å². The fourth-order valence-electron chi connectivity index (χ4n) is 3.73. The third-order valence-electron chi connectivity index (χ3n) is 5.65. The maximum Gasteiger partial charge on any atom is 0.278 e. The van der Waals surface area contributed by atoms with E-state index in [4.69, 9.17) is 9.47 Å². The van der Waals surface area contributed by atoms with Crippen LogP contribution < -0.4 is 14.8 Å². The first kappa shape index (κ1) is 22.1. The molecule has 0 spiro atoms. The molecule has 168 valence electrons. The molecule has 33 heavy (non-hydrogen) atoms. The van der Waals surface area contributed by atoms with Crippen molar-refractivity contribution in [3.8, 4) is 11.5 Å². The van der Waals surface area contributed by atoms with Gasteiger partial charge in [-0.1, -0.05) is 42.0 Å². The average Bonchev–Trinajstić information content (AvgIpc) is 3.08.